The Morgan fingerprint density at radius 1 is 1.25 bits per heavy atom. The molecule has 0 amide bonds. The van der Waals surface area contributed by atoms with E-state index in [4.69, 9.17) is 16.3 Å². The number of ether oxygens (including phenoxy) is 1. The lowest BCUT2D eigenvalue weighted by atomic mass is 10.2. The molecule has 0 spiro atoms. The van der Waals surface area contributed by atoms with E-state index in [1.807, 2.05) is 37.3 Å². The number of hydrogen-bond acceptors (Lipinski definition) is 2. The molecular formula is C16H17BrClNO. The van der Waals surface area contributed by atoms with Crippen molar-refractivity contribution < 1.29 is 4.74 Å². The number of pyridine rings is 1. The summed E-state index contributed by atoms with van der Waals surface area (Å²) >= 11 is 9.40. The summed E-state index contributed by atoms with van der Waals surface area (Å²) in [5.41, 5.74) is 3.13. The summed E-state index contributed by atoms with van der Waals surface area (Å²) in [5, 5.41) is 0. The van der Waals surface area contributed by atoms with Crippen LogP contribution < -0.4 is 4.74 Å². The van der Waals surface area contributed by atoms with E-state index in [9.17, 15) is 0 Å². The molecule has 0 atom stereocenters. The van der Waals surface area contributed by atoms with Gasteiger partial charge >= 0.3 is 0 Å². The highest BCUT2D eigenvalue weighted by Crippen LogP contribution is 2.28. The molecule has 106 valence electrons. The number of aryl methyl sites for hydroxylation is 2. The van der Waals surface area contributed by atoms with E-state index in [1.165, 1.54) is 0 Å². The zero-order valence-electron chi connectivity index (χ0n) is 11.6. The van der Waals surface area contributed by atoms with E-state index in [-0.39, 0.29) is 0 Å². The van der Waals surface area contributed by atoms with Gasteiger partial charge in [-0.2, -0.15) is 0 Å². The van der Waals surface area contributed by atoms with Gasteiger partial charge in [0.25, 0.3) is 0 Å². The number of hydrogen-bond donors (Lipinski definition) is 0. The van der Waals surface area contributed by atoms with E-state index in [1.54, 1.807) is 0 Å². The molecule has 0 aliphatic rings. The second-order valence-electron chi connectivity index (χ2n) is 4.70. The Hall–Kier alpha value is -1.06. The van der Waals surface area contributed by atoms with Crippen LogP contribution in [0.5, 0.6) is 11.6 Å². The van der Waals surface area contributed by atoms with Crippen LogP contribution in [-0.4, -0.2) is 4.98 Å². The van der Waals surface area contributed by atoms with E-state index in [0.29, 0.717) is 11.8 Å². The molecule has 4 heteroatoms. The number of rotatable bonds is 5. The Balaban J connectivity index is 2.32. The predicted octanol–water partition coefficient (Wildman–Crippen LogP) is 5.64. The van der Waals surface area contributed by atoms with Gasteiger partial charge in [0.05, 0.1) is 0 Å². The van der Waals surface area contributed by atoms with Crippen molar-refractivity contribution in [2.24, 2.45) is 0 Å². The third-order valence-electron chi connectivity index (χ3n) is 2.94. The van der Waals surface area contributed by atoms with Crippen molar-refractivity contribution in [1.29, 1.82) is 0 Å². The maximum atomic E-state index is 5.94. The fourth-order valence-electron chi connectivity index (χ4n) is 1.93. The minimum Gasteiger partial charge on any atom is -0.439 e. The largest absolute Gasteiger partial charge is 0.439 e. The highest BCUT2D eigenvalue weighted by atomic mass is 79.9. The summed E-state index contributed by atoms with van der Waals surface area (Å²) in [6.45, 7) is 4.15. The zero-order valence-corrected chi connectivity index (χ0v) is 14.0. The predicted molar refractivity (Wildman–Crippen MR) is 86.7 cm³/mol. The molecule has 0 fully saturated rings. The van der Waals surface area contributed by atoms with Crippen LogP contribution in [-0.2, 0) is 12.3 Å². The lowest BCUT2D eigenvalue weighted by Gasteiger charge is -2.11. The molecule has 1 heterocycles. The first-order chi connectivity index (χ1) is 9.62. The Morgan fingerprint density at radius 2 is 2.05 bits per heavy atom. The molecule has 0 aliphatic heterocycles. The van der Waals surface area contributed by atoms with Crippen molar-refractivity contribution in [1.82, 2.24) is 4.98 Å². The molecule has 0 unspecified atom stereocenters. The van der Waals surface area contributed by atoms with Crippen LogP contribution in [0.1, 0.15) is 30.2 Å². The standard InChI is InChI=1S/C16H17BrClNO/c1-3-4-14-7-12(10-18)8-16(19-14)20-15-9-13(17)6-5-11(15)2/h5-9H,3-4,10H2,1-2H3. The van der Waals surface area contributed by atoms with E-state index in [2.05, 4.69) is 27.8 Å². The smallest absolute Gasteiger partial charge is 0.219 e. The first-order valence-corrected chi connectivity index (χ1v) is 7.95. The van der Waals surface area contributed by atoms with Crippen molar-refractivity contribution >= 4 is 27.5 Å². The molecule has 2 nitrogen and oxygen atoms in total. The average molecular weight is 355 g/mol. The molecule has 0 saturated heterocycles. The average Bonchev–Trinajstić information content (AvgIpc) is 2.43. The van der Waals surface area contributed by atoms with Crippen LogP contribution in [0.25, 0.3) is 0 Å². The van der Waals surface area contributed by atoms with Gasteiger partial charge in [-0.15, -0.1) is 11.6 Å². The normalized spacial score (nSPS) is 10.6. The van der Waals surface area contributed by atoms with Gasteiger partial charge in [-0.3, -0.25) is 0 Å². The molecule has 2 aromatic rings. The summed E-state index contributed by atoms with van der Waals surface area (Å²) in [6.07, 6.45) is 1.98. The summed E-state index contributed by atoms with van der Waals surface area (Å²) in [7, 11) is 0. The van der Waals surface area contributed by atoms with Gasteiger partial charge in [-0.05, 0) is 42.7 Å². The third-order valence-corrected chi connectivity index (χ3v) is 3.74. The Bertz CT molecular complexity index is 601. The molecule has 20 heavy (non-hydrogen) atoms. The summed E-state index contributed by atoms with van der Waals surface area (Å²) in [6, 6.07) is 9.89. The zero-order chi connectivity index (χ0) is 14.5. The van der Waals surface area contributed by atoms with Crippen LogP contribution >= 0.6 is 27.5 Å². The molecule has 0 radical (unpaired) electrons. The molecule has 0 N–H and O–H groups in total. The van der Waals surface area contributed by atoms with Gasteiger partial charge in [0, 0.05) is 22.1 Å². The first kappa shape index (κ1) is 15.3. The Labute approximate surface area is 133 Å². The van der Waals surface area contributed by atoms with E-state index >= 15 is 0 Å². The van der Waals surface area contributed by atoms with Crippen molar-refractivity contribution in [3.63, 3.8) is 0 Å². The fraction of sp³-hybridized carbons (Fsp3) is 0.312. The Kier molecular flexibility index (Phi) is 5.44. The highest BCUT2D eigenvalue weighted by Gasteiger charge is 2.07. The summed E-state index contributed by atoms with van der Waals surface area (Å²) in [5.74, 6) is 1.88. The minimum atomic E-state index is 0.465. The maximum absolute atomic E-state index is 5.94. The summed E-state index contributed by atoms with van der Waals surface area (Å²) in [4.78, 5) is 4.54. The van der Waals surface area contributed by atoms with Crippen molar-refractivity contribution in [3.05, 3.63) is 51.6 Å². The van der Waals surface area contributed by atoms with Gasteiger partial charge in [0.2, 0.25) is 5.88 Å². The second kappa shape index (κ2) is 7.09. The van der Waals surface area contributed by atoms with Crippen molar-refractivity contribution in [2.45, 2.75) is 32.6 Å². The monoisotopic (exact) mass is 353 g/mol. The lowest BCUT2D eigenvalue weighted by Crippen LogP contribution is -1.97. The number of alkyl halides is 1. The molecule has 2 rings (SSSR count). The topological polar surface area (TPSA) is 22.1 Å². The third kappa shape index (κ3) is 3.97. The molecule has 0 aliphatic carbocycles. The first-order valence-electron chi connectivity index (χ1n) is 6.62. The van der Waals surface area contributed by atoms with Crippen LogP contribution in [0.4, 0.5) is 0 Å². The van der Waals surface area contributed by atoms with Gasteiger partial charge in [-0.25, -0.2) is 4.98 Å². The second-order valence-corrected chi connectivity index (χ2v) is 5.88. The number of benzene rings is 1. The van der Waals surface area contributed by atoms with E-state index < -0.39 is 0 Å². The fourth-order valence-corrected chi connectivity index (χ4v) is 2.42. The number of halogens is 2. The molecule has 0 saturated carbocycles. The van der Waals surface area contributed by atoms with Crippen LogP contribution in [0.3, 0.4) is 0 Å². The van der Waals surface area contributed by atoms with Gasteiger partial charge < -0.3 is 4.74 Å². The lowest BCUT2D eigenvalue weighted by molar-refractivity contribution is 0.456. The quantitative estimate of drug-likeness (QED) is 0.649. The van der Waals surface area contributed by atoms with Crippen LogP contribution in [0.15, 0.2) is 34.8 Å². The van der Waals surface area contributed by atoms with Crippen LogP contribution in [0, 0.1) is 6.92 Å². The molecule has 0 bridgehead atoms. The van der Waals surface area contributed by atoms with Gasteiger partial charge in [0.1, 0.15) is 5.75 Å². The molecular weight excluding hydrogens is 338 g/mol. The minimum absolute atomic E-state index is 0.465. The van der Waals surface area contributed by atoms with Crippen molar-refractivity contribution in [2.75, 3.05) is 0 Å². The maximum Gasteiger partial charge on any atom is 0.219 e. The van der Waals surface area contributed by atoms with Gasteiger partial charge in [-0.1, -0.05) is 35.3 Å². The number of aromatic nitrogens is 1. The van der Waals surface area contributed by atoms with Gasteiger partial charge in [0.15, 0.2) is 0 Å². The van der Waals surface area contributed by atoms with Crippen LogP contribution in [0.2, 0.25) is 0 Å². The number of nitrogens with zero attached hydrogens (tertiary/aromatic N) is 1. The Morgan fingerprint density at radius 3 is 2.75 bits per heavy atom. The van der Waals surface area contributed by atoms with E-state index in [0.717, 1.165) is 39.9 Å². The van der Waals surface area contributed by atoms with Crippen molar-refractivity contribution in [3.8, 4) is 11.6 Å². The highest BCUT2D eigenvalue weighted by molar-refractivity contribution is 9.10. The SMILES string of the molecule is CCCc1cc(CCl)cc(Oc2cc(Br)ccc2C)n1. The summed E-state index contributed by atoms with van der Waals surface area (Å²) < 4.78 is 6.91. The molecule has 1 aromatic heterocycles. The molecule has 1 aromatic carbocycles.